The van der Waals surface area contributed by atoms with Crippen molar-refractivity contribution in [1.82, 2.24) is 19.7 Å². The predicted octanol–water partition coefficient (Wildman–Crippen LogP) is 2.96. The zero-order valence-electron chi connectivity index (χ0n) is 14.0. The number of hydrogen-bond donors (Lipinski definition) is 1. The summed E-state index contributed by atoms with van der Waals surface area (Å²) >= 11 is 0. The standard InChI is InChI=1S/C19H22N4O/c1-15(10-11-16-8-4-3-5-9-16)21-18(24)17-14-20-22(2)19(17)23-12-6-7-13-23/h3-9,12-15H,10-11H2,1-2H3,(H,21,24)/t15-/m0/s1. The van der Waals surface area contributed by atoms with Crippen LogP contribution >= 0.6 is 0 Å². The smallest absolute Gasteiger partial charge is 0.256 e. The molecule has 0 bridgehead atoms. The van der Waals surface area contributed by atoms with Gasteiger partial charge in [-0.05, 0) is 37.5 Å². The molecule has 0 aliphatic carbocycles. The molecule has 0 radical (unpaired) electrons. The van der Waals surface area contributed by atoms with Crippen molar-refractivity contribution in [3.63, 3.8) is 0 Å². The molecule has 0 unspecified atom stereocenters. The maximum absolute atomic E-state index is 12.6. The first-order valence-corrected chi connectivity index (χ1v) is 8.15. The van der Waals surface area contributed by atoms with Gasteiger partial charge in [-0.25, -0.2) is 0 Å². The summed E-state index contributed by atoms with van der Waals surface area (Å²) in [6.07, 6.45) is 7.28. The Bertz CT molecular complexity index is 790. The molecule has 1 aromatic carbocycles. The average molecular weight is 322 g/mol. The van der Waals surface area contributed by atoms with Crippen molar-refractivity contribution in [1.29, 1.82) is 0 Å². The Morgan fingerprint density at radius 3 is 2.58 bits per heavy atom. The lowest BCUT2D eigenvalue weighted by atomic mass is 10.1. The van der Waals surface area contributed by atoms with Gasteiger partial charge in [-0.2, -0.15) is 5.10 Å². The highest BCUT2D eigenvalue weighted by atomic mass is 16.1. The van der Waals surface area contributed by atoms with Crippen LogP contribution in [0.2, 0.25) is 0 Å². The molecule has 5 nitrogen and oxygen atoms in total. The molecule has 2 heterocycles. The fraction of sp³-hybridized carbons (Fsp3) is 0.263. The molecule has 124 valence electrons. The average Bonchev–Trinajstić information content (AvgIpc) is 3.23. The summed E-state index contributed by atoms with van der Waals surface area (Å²) in [5.41, 5.74) is 1.87. The van der Waals surface area contributed by atoms with Crippen LogP contribution in [0, 0.1) is 0 Å². The summed E-state index contributed by atoms with van der Waals surface area (Å²) in [4.78, 5) is 12.6. The Hall–Kier alpha value is -2.82. The van der Waals surface area contributed by atoms with Crippen LogP contribution < -0.4 is 5.32 Å². The minimum Gasteiger partial charge on any atom is -0.349 e. The Kier molecular flexibility index (Phi) is 4.79. The van der Waals surface area contributed by atoms with E-state index < -0.39 is 0 Å². The maximum Gasteiger partial charge on any atom is 0.256 e. The summed E-state index contributed by atoms with van der Waals surface area (Å²) in [6.45, 7) is 2.03. The number of amides is 1. The summed E-state index contributed by atoms with van der Waals surface area (Å²) < 4.78 is 3.61. The van der Waals surface area contributed by atoms with Crippen LogP contribution in [0.4, 0.5) is 0 Å². The summed E-state index contributed by atoms with van der Waals surface area (Å²) in [7, 11) is 1.84. The Labute approximate surface area is 141 Å². The molecule has 0 fully saturated rings. The second kappa shape index (κ2) is 7.17. The van der Waals surface area contributed by atoms with E-state index in [9.17, 15) is 4.79 Å². The van der Waals surface area contributed by atoms with Crippen molar-refractivity contribution >= 4 is 5.91 Å². The second-order valence-electron chi connectivity index (χ2n) is 5.99. The highest BCUT2D eigenvalue weighted by Gasteiger charge is 2.18. The molecule has 0 saturated carbocycles. The van der Waals surface area contributed by atoms with Crippen molar-refractivity contribution in [2.45, 2.75) is 25.8 Å². The number of nitrogens with zero attached hydrogens (tertiary/aromatic N) is 3. The minimum atomic E-state index is -0.0904. The van der Waals surface area contributed by atoms with E-state index in [-0.39, 0.29) is 11.9 Å². The first kappa shape index (κ1) is 16.1. The van der Waals surface area contributed by atoms with Crippen LogP contribution in [0.1, 0.15) is 29.3 Å². The zero-order chi connectivity index (χ0) is 16.9. The highest BCUT2D eigenvalue weighted by Crippen LogP contribution is 2.14. The van der Waals surface area contributed by atoms with Gasteiger partial charge in [0.1, 0.15) is 11.4 Å². The van der Waals surface area contributed by atoms with E-state index in [0.717, 1.165) is 18.7 Å². The maximum atomic E-state index is 12.6. The van der Waals surface area contributed by atoms with Gasteiger partial charge in [0.25, 0.3) is 5.91 Å². The van der Waals surface area contributed by atoms with Crippen molar-refractivity contribution < 1.29 is 4.79 Å². The number of hydrogen-bond acceptors (Lipinski definition) is 2. The van der Waals surface area contributed by atoms with Crippen LogP contribution in [0.3, 0.4) is 0 Å². The van der Waals surface area contributed by atoms with Crippen molar-refractivity contribution in [2.24, 2.45) is 7.05 Å². The largest absolute Gasteiger partial charge is 0.349 e. The van der Waals surface area contributed by atoms with Crippen LogP contribution in [0.5, 0.6) is 0 Å². The molecule has 0 aliphatic rings. The van der Waals surface area contributed by atoms with Crippen molar-refractivity contribution in [3.8, 4) is 5.82 Å². The third kappa shape index (κ3) is 3.56. The molecule has 0 saturated heterocycles. The van der Waals surface area contributed by atoms with Gasteiger partial charge in [0.2, 0.25) is 0 Å². The van der Waals surface area contributed by atoms with Gasteiger partial charge in [-0.3, -0.25) is 9.48 Å². The van der Waals surface area contributed by atoms with Crippen LogP contribution in [-0.4, -0.2) is 26.3 Å². The molecular formula is C19H22N4O. The predicted molar refractivity (Wildman–Crippen MR) is 94.2 cm³/mol. The monoisotopic (exact) mass is 322 g/mol. The molecule has 3 aromatic rings. The quantitative estimate of drug-likeness (QED) is 0.758. The van der Waals surface area contributed by atoms with Crippen LogP contribution in [-0.2, 0) is 13.5 Å². The molecular weight excluding hydrogens is 300 g/mol. The molecule has 1 atom stereocenters. The van der Waals surface area contributed by atoms with Crippen LogP contribution in [0.25, 0.3) is 5.82 Å². The number of carbonyl (C=O) groups excluding carboxylic acids is 1. The fourth-order valence-electron chi connectivity index (χ4n) is 2.77. The summed E-state index contributed by atoms with van der Waals surface area (Å²) in [5, 5.41) is 7.31. The number of aryl methyl sites for hydroxylation is 2. The van der Waals surface area contributed by atoms with E-state index in [1.165, 1.54) is 5.56 Å². The summed E-state index contributed by atoms with van der Waals surface area (Å²) in [6, 6.07) is 14.3. The lowest BCUT2D eigenvalue weighted by Gasteiger charge is -2.14. The molecule has 3 rings (SSSR count). The second-order valence-corrected chi connectivity index (χ2v) is 5.99. The highest BCUT2D eigenvalue weighted by molar-refractivity contribution is 5.97. The van der Waals surface area contributed by atoms with Crippen molar-refractivity contribution in [2.75, 3.05) is 0 Å². The molecule has 0 aliphatic heterocycles. The van der Waals surface area contributed by atoms with Gasteiger partial charge in [-0.15, -0.1) is 0 Å². The van der Waals surface area contributed by atoms with E-state index >= 15 is 0 Å². The molecule has 5 heteroatoms. The Morgan fingerprint density at radius 2 is 1.88 bits per heavy atom. The zero-order valence-corrected chi connectivity index (χ0v) is 14.0. The van der Waals surface area contributed by atoms with E-state index in [0.29, 0.717) is 5.56 Å². The molecule has 1 amide bonds. The first-order chi connectivity index (χ1) is 11.6. The van der Waals surface area contributed by atoms with E-state index in [4.69, 9.17) is 0 Å². The Morgan fingerprint density at radius 1 is 1.17 bits per heavy atom. The van der Waals surface area contributed by atoms with Gasteiger partial charge in [-0.1, -0.05) is 30.3 Å². The number of rotatable bonds is 6. The first-order valence-electron chi connectivity index (χ1n) is 8.15. The molecule has 24 heavy (non-hydrogen) atoms. The number of nitrogens with one attached hydrogen (secondary N) is 1. The van der Waals surface area contributed by atoms with Gasteiger partial charge in [0.15, 0.2) is 0 Å². The van der Waals surface area contributed by atoms with Gasteiger partial charge < -0.3 is 9.88 Å². The number of benzene rings is 1. The minimum absolute atomic E-state index is 0.0904. The lowest BCUT2D eigenvalue weighted by molar-refractivity contribution is 0.0938. The Balaban J connectivity index is 1.65. The van der Waals surface area contributed by atoms with E-state index in [2.05, 4.69) is 22.5 Å². The SMILES string of the molecule is C[C@@H](CCc1ccccc1)NC(=O)c1cnn(C)c1-n1cccc1. The third-order valence-electron chi connectivity index (χ3n) is 4.09. The molecule has 1 N–H and O–H groups in total. The number of carbonyl (C=O) groups is 1. The topological polar surface area (TPSA) is 51.9 Å². The molecule has 2 aromatic heterocycles. The fourth-order valence-corrected chi connectivity index (χ4v) is 2.77. The summed E-state index contributed by atoms with van der Waals surface area (Å²) in [5.74, 6) is 0.681. The number of aromatic nitrogens is 3. The van der Waals surface area contributed by atoms with E-state index in [1.807, 2.05) is 61.3 Å². The lowest BCUT2D eigenvalue weighted by Crippen LogP contribution is -2.33. The van der Waals surface area contributed by atoms with Gasteiger partial charge in [0, 0.05) is 25.5 Å². The normalized spacial score (nSPS) is 12.1. The molecule has 0 spiro atoms. The third-order valence-corrected chi connectivity index (χ3v) is 4.09. The van der Waals surface area contributed by atoms with Gasteiger partial charge >= 0.3 is 0 Å². The van der Waals surface area contributed by atoms with Crippen LogP contribution in [0.15, 0.2) is 61.1 Å². The van der Waals surface area contributed by atoms with Gasteiger partial charge in [0.05, 0.1) is 6.20 Å². The van der Waals surface area contributed by atoms with E-state index in [1.54, 1.807) is 10.9 Å². The van der Waals surface area contributed by atoms with Crippen molar-refractivity contribution in [3.05, 3.63) is 72.2 Å².